The third-order valence-corrected chi connectivity index (χ3v) is 4.76. The van der Waals surface area contributed by atoms with Crippen molar-refractivity contribution in [1.82, 2.24) is 15.1 Å². The molecule has 0 radical (unpaired) electrons. The number of nitrogens with one attached hydrogen (secondary N) is 1. The normalized spacial score (nSPS) is 14.6. The van der Waals surface area contributed by atoms with Crippen molar-refractivity contribution < 1.29 is 14.3 Å². The zero-order valence-corrected chi connectivity index (χ0v) is 16.0. The summed E-state index contributed by atoms with van der Waals surface area (Å²) in [6.07, 6.45) is 0. The molecule has 1 aliphatic rings. The van der Waals surface area contributed by atoms with Gasteiger partial charge in [-0.1, -0.05) is 60.7 Å². The van der Waals surface area contributed by atoms with Crippen molar-refractivity contribution in [3.63, 3.8) is 0 Å². The molecule has 0 unspecified atom stereocenters. The lowest BCUT2D eigenvalue weighted by Gasteiger charge is -2.34. The lowest BCUT2D eigenvalue weighted by atomic mass is 10.2. The van der Waals surface area contributed by atoms with Crippen molar-refractivity contribution >= 4 is 11.8 Å². The number of hydrogen-bond donors (Lipinski definition) is 1. The van der Waals surface area contributed by atoms with Crippen molar-refractivity contribution in [2.24, 2.45) is 0 Å². The molecule has 0 spiro atoms. The SMILES string of the molecule is O=C(CN1CCN(C(=O)COCc2ccccc2)CC1)NCc1ccccc1. The largest absolute Gasteiger partial charge is 0.367 e. The molecule has 2 aromatic rings. The molecule has 2 amide bonds. The quantitative estimate of drug-likeness (QED) is 0.756. The van der Waals surface area contributed by atoms with Crippen LogP contribution in [-0.2, 0) is 27.5 Å². The Bertz CT molecular complexity index is 744. The summed E-state index contributed by atoms with van der Waals surface area (Å²) in [5, 5.41) is 2.94. The van der Waals surface area contributed by atoms with Gasteiger partial charge in [-0.25, -0.2) is 0 Å². The summed E-state index contributed by atoms with van der Waals surface area (Å²) in [6, 6.07) is 19.7. The minimum absolute atomic E-state index is 0.00381. The van der Waals surface area contributed by atoms with Crippen LogP contribution in [0.25, 0.3) is 0 Å². The average Bonchev–Trinajstić information content (AvgIpc) is 2.74. The maximum absolute atomic E-state index is 12.3. The number of hydrogen-bond acceptors (Lipinski definition) is 4. The number of benzene rings is 2. The molecule has 2 aromatic carbocycles. The van der Waals surface area contributed by atoms with Gasteiger partial charge in [-0.3, -0.25) is 14.5 Å². The third kappa shape index (κ3) is 6.48. The van der Waals surface area contributed by atoms with E-state index in [2.05, 4.69) is 10.2 Å². The van der Waals surface area contributed by atoms with Crippen LogP contribution in [-0.4, -0.2) is 60.9 Å². The van der Waals surface area contributed by atoms with Gasteiger partial charge in [-0.05, 0) is 11.1 Å². The Morgan fingerprint density at radius 1 is 0.857 bits per heavy atom. The Morgan fingerprint density at radius 2 is 1.46 bits per heavy atom. The summed E-state index contributed by atoms with van der Waals surface area (Å²) in [5.74, 6) is 0.0129. The highest BCUT2D eigenvalue weighted by Gasteiger charge is 2.22. The summed E-state index contributed by atoms with van der Waals surface area (Å²) in [5.41, 5.74) is 2.14. The topological polar surface area (TPSA) is 61.9 Å². The van der Waals surface area contributed by atoms with E-state index in [-0.39, 0.29) is 18.4 Å². The van der Waals surface area contributed by atoms with Crippen LogP contribution in [0.1, 0.15) is 11.1 Å². The molecule has 3 rings (SSSR count). The monoisotopic (exact) mass is 381 g/mol. The molecule has 0 aromatic heterocycles. The minimum atomic E-state index is 0.00381. The van der Waals surface area contributed by atoms with E-state index in [0.717, 1.165) is 11.1 Å². The van der Waals surface area contributed by atoms with Gasteiger partial charge in [0, 0.05) is 32.7 Å². The fraction of sp³-hybridized carbons (Fsp3) is 0.364. The van der Waals surface area contributed by atoms with Crippen molar-refractivity contribution in [3.8, 4) is 0 Å². The Balaban J connectivity index is 1.31. The summed E-state index contributed by atoms with van der Waals surface area (Å²) >= 11 is 0. The van der Waals surface area contributed by atoms with Crippen LogP contribution in [0.3, 0.4) is 0 Å². The summed E-state index contributed by atoms with van der Waals surface area (Å²) in [7, 11) is 0. The number of carbonyl (C=O) groups excluding carboxylic acids is 2. The third-order valence-electron chi connectivity index (χ3n) is 4.76. The number of rotatable bonds is 8. The Morgan fingerprint density at radius 3 is 2.11 bits per heavy atom. The Hall–Kier alpha value is -2.70. The van der Waals surface area contributed by atoms with Crippen LogP contribution < -0.4 is 5.32 Å². The first-order valence-corrected chi connectivity index (χ1v) is 9.63. The second-order valence-electron chi connectivity index (χ2n) is 6.90. The highest BCUT2D eigenvalue weighted by Crippen LogP contribution is 2.05. The molecule has 148 valence electrons. The fourth-order valence-electron chi connectivity index (χ4n) is 3.13. The van der Waals surface area contributed by atoms with E-state index in [4.69, 9.17) is 4.74 Å². The van der Waals surface area contributed by atoms with Gasteiger partial charge in [0.25, 0.3) is 0 Å². The predicted octanol–water partition coefficient (Wildman–Crippen LogP) is 1.66. The van der Waals surface area contributed by atoms with Crippen LogP contribution >= 0.6 is 0 Å². The highest BCUT2D eigenvalue weighted by atomic mass is 16.5. The van der Waals surface area contributed by atoms with Crippen LogP contribution in [0.4, 0.5) is 0 Å². The average molecular weight is 381 g/mol. The van der Waals surface area contributed by atoms with Gasteiger partial charge in [-0.15, -0.1) is 0 Å². The molecule has 1 fully saturated rings. The lowest BCUT2D eigenvalue weighted by molar-refractivity contribution is -0.138. The molecule has 0 atom stereocenters. The second-order valence-corrected chi connectivity index (χ2v) is 6.90. The van der Waals surface area contributed by atoms with Gasteiger partial charge in [0.1, 0.15) is 6.61 Å². The summed E-state index contributed by atoms with van der Waals surface area (Å²) in [4.78, 5) is 28.3. The molecule has 1 saturated heterocycles. The predicted molar refractivity (Wildman–Crippen MR) is 107 cm³/mol. The molecule has 6 heteroatoms. The van der Waals surface area contributed by atoms with Crippen molar-refractivity contribution in [3.05, 3.63) is 71.8 Å². The number of ether oxygens (including phenoxy) is 1. The van der Waals surface area contributed by atoms with Gasteiger partial charge in [0.15, 0.2) is 0 Å². The van der Waals surface area contributed by atoms with Gasteiger partial charge in [0.2, 0.25) is 11.8 Å². The maximum Gasteiger partial charge on any atom is 0.248 e. The lowest BCUT2D eigenvalue weighted by Crippen LogP contribution is -2.51. The van der Waals surface area contributed by atoms with Crippen molar-refractivity contribution in [2.75, 3.05) is 39.3 Å². The number of carbonyl (C=O) groups is 2. The van der Waals surface area contributed by atoms with Crippen molar-refractivity contribution in [2.45, 2.75) is 13.2 Å². The second kappa shape index (κ2) is 10.6. The van der Waals surface area contributed by atoms with E-state index in [9.17, 15) is 9.59 Å². The fourth-order valence-corrected chi connectivity index (χ4v) is 3.13. The van der Waals surface area contributed by atoms with Crippen LogP contribution in [0.2, 0.25) is 0 Å². The molecule has 0 saturated carbocycles. The van der Waals surface area contributed by atoms with Crippen LogP contribution in [0.15, 0.2) is 60.7 Å². The first-order chi connectivity index (χ1) is 13.7. The van der Waals surface area contributed by atoms with E-state index in [0.29, 0.717) is 45.9 Å². The van der Waals surface area contributed by atoms with E-state index in [1.165, 1.54) is 0 Å². The number of nitrogens with zero attached hydrogens (tertiary/aromatic N) is 2. The standard InChI is InChI=1S/C22H27N3O3/c26-21(23-15-19-7-3-1-4-8-19)16-24-11-13-25(14-12-24)22(27)18-28-17-20-9-5-2-6-10-20/h1-10H,11-18H2,(H,23,26). The highest BCUT2D eigenvalue weighted by molar-refractivity contribution is 5.78. The van der Waals surface area contributed by atoms with E-state index in [1.807, 2.05) is 65.6 Å². The zero-order valence-electron chi connectivity index (χ0n) is 16.0. The van der Waals surface area contributed by atoms with Gasteiger partial charge in [-0.2, -0.15) is 0 Å². The molecule has 6 nitrogen and oxygen atoms in total. The first-order valence-electron chi connectivity index (χ1n) is 9.63. The zero-order chi connectivity index (χ0) is 19.6. The minimum Gasteiger partial charge on any atom is -0.367 e. The summed E-state index contributed by atoms with van der Waals surface area (Å²) in [6.45, 7) is 4.07. The summed E-state index contributed by atoms with van der Waals surface area (Å²) < 4.78 is 5.53. The molecule has 0 bridgehead atoms. The Kier molecular flexibility index (Phi) is 7.58. The molecule has 1 heterocycles. The molecule has 28 heavy (non-hydrogen) atoms. The van der Waals surface area contributed by atoms with Gasteiger partial charge >= 0.3 is 0 Å². The van der Waals surface area contributed by atoms with Gasteiger partial charge < -0.3 is 15.0 Å². The van der Waals surface area contributed by atoms with Crippen LogP contribution in [0, 0.1) is 0 Å². The number of amides is 2. The smallest absolute Gasteiger partial charge is 0.248 e. The first kappa shape index (κ1) is 20.0. The van der Waals surface area contributed by atoms with Gasteiger partial charge in [0.05, 0.1) is 13.2 Å². The molecule has 1 aliphatic heterocycles. The molecular formula is C22H27N3O3. The van der Waals surface area contributed by atoms with Crippen molar-refractivity contribution in [1.29, 1.82) is 0 Å². The number of piperazine rings is 1. The van der Waals surface area contributed by atoms with Crippen LogP contribution in [0.5, 0.6) is 0 Å². The van der Waals surface area contributed by atoms with E-state index >= 15 is 0 Å². The molecule has 1 N–H and O–H groups in total. The Labute approximate surface area is 166 Å². The molecular weight excluding hydrogens is 354 g/mol. The van der Waals surface area contributed by atoms with E-state index in [1.54, 1.807) is 0 Å². The maximum atomic E-state index is 12.3. The molecule has 0 aliphatic carbocycles. The van der Waals surface area contributed by atoms with E-state index < -0.39 is 0 Å².